The number of furan rings is 1. The fourth-order valence-electron chi connectivity index (χ4n) is 4.68. The van der Waals surface area contributed by atoms with E-state index in [0.717, 1.165) is 28.3 Å². The zero-order valence-corrected chi connectivity index (χ0v) is 19.0. The van der Waals surface area contributed by atoms with Crippen molar-refractivity contribution in [3.63, 3.8) is 0 Å². The van der Waals surface area contributed by atoms with Crippen molar-refractivity contribution in [1.82, 2.24) is 4.90 Å². The Labute approximate surface area is 199 Å². The second-order valence-electron chi connectivity index (χ2n) is 8.17. The molecule has 2 heterocycles. The van der Waals surface area contributed by atoms with Gasteiger partial charge in [-0.15, -0.1) is 0 Å². The molecule has 170 valence electrons. The molecule has 0 fully saturated rings. The second-order valence-corrected chi connectivity index (χ2v) is 8.17. The first-order valence-electron chi connectivity index (χ1n) is 11.5. The van der Waals surface area contributed by atoms with Crippen LogP contribution in [-0.4, -0.2) is 23.3 Å². The molecule has 1 aliphatic heterocycles. The Morgan fingerprint density at radius 3 is 2.18 bits per heavy atom. The normalized spacial score (nSPS) is 19.6. The number of aliphatic imine (C=N–C) groups is 1. The summed E-state index contributed by atoms with van der Waals surface area (Å²) >= 11 is 0. The van der Waals surface area contributed by atoms with E-state index in [0.29, 0.717) is 6.54 Å². The molecule has 4 aromatic rings. The zero-order chi connectivity index (χ0) is 23.4. The molecule has 2 atom stereocenters. The van der Waals surface area contributed by atoms with Gasteiger partial charge in [-0.2, -0.15) is 0 Å². The topological polar surface area (TPSA) is 55.0 Å². The second kappa shape index (κ2) is 9.40. The van der Waals surface area contributed by atoms with Crippen molar-refractivity contribution in [1.29, 1.82) is 0 Å². The molecule has 5 heteroatoms. The molecule has 34 heavy (non-hydrogen) atoms. The third kappa shape index (κ3) is 3.79. The van der Waals surface area contributed by atoms with Crippen LogP contribution in [0.25, 0.3) is 0 Å². The van der Waals surface area contributed by atoms with Gasteiger partial charge in [0.15, 0.2) is 0 Å². The SMILES string of the molecule is CCOC(=O)[C@]1(c2ccccc2)N=C(c2ccccc2)N(Cc2ccco2)[C@@H]1c1ccccc1. The Balaban J connectivity index is 1.79. The van der Waals surface area contributed by atoms with Gasteiger partial charge >= 0.3 is 5.97 Å². The predicted molar refractivity (Wildman–Crippen MR) is 131 cm³/mol. The summed E-state index contributed by atoms with van der Waals surface area (Å²) in [6, 6.07) is 33.1. The van der Waals surface area contributed by atoms with Crippen LogP contribution in [0.4, 0.5) is 0 Å². The molecule has 1 aliphatic rings. The molecule has 0 amide bonds. The minimum absolute atomic E-state index is 0.267. The van der Waals surface area contributed by atoms with Crippen molar-refractivity contribution in [3.05, 3.63) is 132 Å². The number of benzene rings is 3. The van der Waals surface area contributed by atoms with E-state index < -0.39 is 11.6 Å². The highest BCUT2D eigenvalue weighted by atomic mass is 16.5. The van der Waals surface area contributed by atoms with Crippen molar-refractivity contribution in [3.8, 4) is 0 Å². The molecule has 0 bridgehead atoms. The van der Waals surface area contributed by atoms with Gasteiger partial charge in [-0.3, -0.25) is 0 Å². The number of nitrogens with zero attached hydrogens (tertiary/aromatic N) is 2. The first-order valence-corrected chi connectivity index (χ1v) is 11.5. The minimum atomic E-state index is -1.28. The minimum Gasteiger partial charge on any atom is -0.467 e. The standard InChI is InChI=1S/C29H26N2O3/c1-2-33-28(32)29(24-17-10-5-11-18-24)26(22-13-6-3-7-14-22)31(21-25-19-12-20-34-25)27(30-29)23-15-8-4-9-16-23/h3-20,26H,2,21H2,1H3/t26-,29-/m1/s1. The van der Waals surface area contributed by atoms with Crippen LogP contribution < -0.4 is 0 Å². The molecule has 0 aliphatic carbocycles. The van der Waals surface area contributed by atoms with E-state index in [4.69, 9.17) is 14.1 Å². The summed E-state index contributed by atoms with van der Waals surface area (Å²) in [5.41, 5.74) is 1.41. The summed E-state index contributed by atoms with van der Waals surface area (Å²) in [5, 5.41) is 0. The van der Waals surface area contributed by atoms with Crippen LogP contribution in [0.2, 0.25) is 0 Å². The quantitative estimate of drug-likeness (QED) is 0.337. The third-order valence-electron chi connectivity index (χ3n) is 6.12. The Kier molecular flexibility index (Phi) is 6.00. The average molecular weight is 451 g/mol. The maximum absolute atomic E-state index is 13.9. The summed E-state index contributed by atoms with van der Waals surface area (Å²) in [6.45, 7) is 2.54. The lowest BCUT2D eigenvalue weighted by molar-refractivity contribution is -0.151. The smallest absolute Gasteiger partial charge is 0.341 e. The first kappa shape index (κ1) is 21.7. The number of amidine groups is 1. The Morgan fingerprint density at radius 2 is 1.56 bits per heavy atom. The number of rotatable bonds is 7. The van der Waals surface area contributed by atoms with Crippen molar-refractivity contribution < 1.29 is 13.9 Å². The zero-order valence-electron chi connectivity index (χ0n) is 19.0. The number of hydrogen-bond donors (Lipinski definition) is 0. The molecule has 0 radical (unpaired) electrons. The van der Waals surface area contributed by atoms with E-state index in [1.54, 1.807) is 6.26 Å². The molecule has 1 aromatic heterocycles. The number of ether oxygens (including phenoxy) is 1. The van der Waals surface area contributed by atoms with E-state index in [1.165, 1.54) is 0 Å². The number of hydrogen-bond acceptors (Lipinski definition) is 5. The van der Waals surface area contributed by atoms with Gasteiger partial charge in [-0.05, 0) is 30.2 Å². The maximum Gasteiger partial charge on any atom is 0.341 e. The Hall–Kier alpha value is -4.12. The number of carbonyl (C=O) groups is 1. The van der Waals surface area contributed by atoms with Gasteiger partial charge in [0.1, 0.15) is 11.6 Å². The first-order chi connectivity index (χ1) is 16.7. The maximum atomic E-state index is 13.9. The lowest BCUT2D eigenvalue weighted by atomic mass is 9.79. The van der Waals surface area contributed by atoms with Crippen LogP contribution in [0, 0.1) is 0 Å². The largest absolute Gasteiger partial charge is 0.467 e. The molecule has 0 N–H and O–H groups in total. The van der Waals surface area contributed by atoms with E-state index in [9.17, 15) is 4.79 Å². The van der Waals surface area contributed by atoms with Crippen LogP contribution in [-0.2, 0) is 21.6 Å². The summed E-state index contributed by atoms with van der Waals surface area (Å²) in [6.07, 6.45) is 1.66. The summed E-state index contributed by atoms with van der Waals surface area (Å²) in [4.78, 5) is 21.3. The fraction of sp³-hybridized carbons (Fsp3) is 0.172. The molecular formula is C29H26N2O3. The van der Waals surface area contributed by atoms with Gasteiger partial charge in [0.2, 0.25) is 5.54 Å². The van der Waals surface area contributed by atoms with Gasteiger partial charge in [0, 0.05) is 5.56 Å². The lowest BCUT2D eigenvalue weighted by Crippen LogP contribution is -2.44. The predicted octanol–water partition coefficient (Wildman–Crippen LogP) is 5.74. The van der Waals surface area contributed by atoms with Crippen LogP contribution in [0.5, 0.6) is 0 Å². The Morgan fingerprint density at radius 1 is 0.912 bits per heavy atom. The van der Waals surface area contributed by atoms with Crippen molar-refractivity contribution in [2.75, 3.05) is 6.61 Å². The third-order valence-corrected chi connectivity index (χ3v) is 6.12. The van der Waals surface area contributed by atoms with E-state index >= 15 is 0 Å². The lowest BCUT2D eigenvalue weighted by Gasteiger charge is -2.36. The summed E-state index contributed by atoms with van der Waals surface area (Å²) in [5.74, 6) is 1.14. The molecule has 5 nitrogen and oxygen atoms in total. The molecule has 0 unspecified atom stereocenters. The Bertz CT molecular complexity index is 1250. The van der Waals surface area contributed by atoms with Crippen LogP contribution in [0.1, 0.15) is 35.4 Å². The summed E-state index contributed by atoms with van der Waals surface area (Å²) < 4.78 is 11.4. The van der Waals surface area contributed by atoms with Gasteiger partial charge in [0.25, 0.3) is 0 Å². The molecule has 0 saturated heterocycles. The average Bonchev–Trinajstić information content (AvgIpc) is 3.53. The number of esters is 1. The molecule has 5 rings (SSSR count). The van der Waals surface area contributed by atoms with Crippen molar-refractivity contribution in [2.45, 2.75) is 25.0 Å². The van der Waals surface area contributed by atoms with E-state index in [2.05, 4.69) is 4.90 Å². The highest BCUT2D eigenvalue weighted by Crippen LogP contribution is 2.50. The molecule has 0 saturated carbocycles. The van der Waals surface area contributed by atoms with Crippen molar-refractivity contribution in [2.24, 2.45) is 4.99 Å². The van der Waals surface area contributed by atoms with Crippen LogP contribution in [0.3, 0.4) is 0 Å². The molecule has 0 spiro atoms. The fourth-order valence-corrected chi connectivity index (χ4v) is 4.68. The van der Waals surface area contributed by atoms with Crippen molar-refractivity contribution >= 4 is 11.8 Å². The molecular weight excluding hydrogens is 424 g/mol. The monoisotopic (exact) mass is 450 g/mol. The van der Waals surface area contributed by atoms with E-state index in [-0.39, 0.29) is 12.6 Å². The van der Waals surface area contributed by atoms with Crippen LogP contribution in [0.15, 0.2) is 119 Å². The van der Waals surface area contributed by atoms with Gasteiger partial charge < -0.3 is 14.1 Å². The number of carbonyl (C=O) groups excluding carboxylic acids is 1. The summed E-state index contributed by atoms with van der Waals surface area (Å²) in [7, 11) is 0. The van der Waals surface area contributed by atoms with Gasteiger partial charge in [-0.25, -0.2) is 9.79 Å². The van der Waals surface area contributed by atoms with Gasteiger partial charge in [-0.1, -0.05) is 91.0 Å². The van der Waals surface area contributed by atoms with E-state index in [1.807, 2.05) is 110 Å². The molecule has 3 aromatic carbocycles. The van der Waals surface area contributed by atoms with Gasteiger partial charge in [0.05, 0.1) is 25.5 Å². The van der Waals surface area contributed by atoms with Crippen LogP contribution >= 0.6 is 0 Å². The highest BCUT2D eigenvalue weighted by molar-refractivity contribution is 6.04. The highest BCUT2D eigenvalue weighted by Gasteiger charge is 2.57.